The van der Waals surface area contributed by atoms with Gasteiger partial charge in [-0.25, -0.2) is 4.39 Å². The summed E-state index contributed by atoms with van der Waals surface area (Å²) >= 11 is 0. The lowest BCUT2D eigenvalue weighted by atomic mass is 9.83. The molecule has 0 aromatic heterocycles. The molecule has 1 aliphatic rings. The van der Waals surface area contributed by atoms with Gasteiger partial charge in [-0.05, 0) is 44.2 Å². The van der Waals surface area contributed by atoms with Gasteiger partial charge in [-0.2, -0.15) is 0 Å². The lowest BCUT2D eigenvalue weighted by Gasteiger charge is -2.45. The van der Waals surface area contributed by atoms with E-state index in [-0.39, 0.29) is 17.4 Å². The lowest BCUT2D eigenvalue weighted by Crippen LogP contribution is -2.55. The smallest absolute Gasteiger partial charge is 0.127 e. The van der Waals surface area contributed by atoms with Crippen molar-refractivity contribution in [2.75, 3.05) is 13.6 Å². The summed E-state index contributed by atoms with van der Waals surface area (Å²) in [5.41, 5.74) is 7.20. The van der Waals surface area contributed by atoms with Crippen LogP contribution in [0.4, 0.5) is 4.39 Å². The van der Waals surface area contributed by atoms with Gasteiger partial charge in [0.15, 0.2) is 0 Å². The Morgan fingerprint density at radius 1 is 1.38 bits per heavy atom. The predicted octanol–water partition coefficient (Wildman–Crippen LogP) is 3.97. The van der Waals surface area contributed by atoms with Gasteiger partial charge in [-0.3, -0.25) is 4.90 Å². The highest BCUT2D eigenvalue weighted by Gasteiger charge is 2.51. The molecule has 118 valence electrons. The lowest BCUT2D eigenvalue weighted by molar-refractivity contribution is 0.0493. The number of nitrogens with two attached hydrogens (primary N) is 1. The zero-order valence-electron chi connectivity index (χ0n) is 14.0. The van der Waals surface area contributed by atoms with Crippen molar-refractivity contribution >= 4 is 0 Å². The van der Waals surface area contributed by atoms with Gasteiger partial charge in [0.2, 0.25) is 0 Å². The molecule has 2 N–H and O–H groups in total. The number of hydrogen-bond acceptors (Lipinski definition) is 2. The van der Waals surface area contributed by atoms with Crippen LogP contribution in [0.3, 0.4) is 0 Å². The van der Waals surface area contributed by atoms with Crippen molar-refractivity contribution in [1.82, 2.24) is 4.90 Å². The molecule has 1 fully saturated rings. The second-order valence-corrected chi connectivity index (χ2v) is 7.56. The van der Waals surface area contributed by atoms with Crippen LogP contribution < -0.4 is 5.73 Å². The maximum atomic E-state index is 14.1. The number of benzene rings is 1. The van der Waals surface area contributed by atoms with Gasteiger partial charge in [0, 0.05) is 23.7 Å². The monoisotopic (exact) mass is 292 g/mol. The van der Waals surface area contributed by atoms with E-state index >= 15 is 0 Å². The van der Waals surface area contributed by atoms with Crippen molar-refractivity contribution in [2.24, 2.45) is 17.1 Å². The van der Waals surface area contributed by atoms with E-state index in [1.165, 1.54) is 12.5 Å². The molecule has 0 saturated heterocycles. The summed E-state index contributed by atoms with van der Waals surface area (Å²) in [4.78, 5) is 2.31. The standard InChI is InChI=1S/C18H29FN2/c1-13-10-17(3,4)11-18(13,12-20)21(5)14(2)15-8-6-7-9-16(15)19/h6-9,13-14H,10-12,20H2,1-5H3. The van der Waals surface area contributed by atoms with Crippen LogP contribution in [0.15, 0.2) is 24.3 Å². The summed E-state index contributed by atoms with van der Waals surface area (Å²) in [5.74, 6) is 0.380. The fourth-order valence-electron chi connectivity index (χ4n) is 4.39. The first-order valence-electron chi connectivity index (χ1n) is 7.91. The molecule has 21 heavy (non-hydrogen) atoms. The molecule has 0 amide bonds. The zero-order chi connectivity index (χ0) is 15.8. The molecule has 2 nitrogen and oxygen atoms in total. The Bertz CT molecular complexity index is 500. The van der Waals surface area contributed by atoms with Crippen LogP contribution in [0.1, 0.15) is 52.1 Å². The molecule has 3 atom stereocenters. The topological polar surface area (TPSA) is 29.3 Å². The second kappa shape index (κ2) is 5.69. The summed E-state index contributed by atoms with van der Waals surface area (Å²) in [5, 5.41) is 0. The van der Waals surface area contributed by atoms with Gasteiger partial charge >= 0.3 is 0 Å². The van der Waals surface area contributed by atoms with E-state index in [0.29, 0.717) is 17.9 Å². The first-order chi connectivity index (χ1) is 9.73. The van der Waals surface area contributed by atoms with Crippen LogP contribution in [0.2, 0.25) is 0 Å². The van der Waals surface area contributed by atoms with E-state index in [1.54, 1.807) is 6.07 Å². The van der Waals surface area contributed by atoms with Crippen LogP contribution in [0.25, 0.3) is 0 Å². The average molecular weight is 292 g/mol. The molecule has 3 unspecified atom stereocenters. The third-order valence-electron chi connectivity index (χ3n) is 5.55. The quantitative estimate of drug-likeness (QED) is 0.909. The summed E-state index contributed by atoms with van der Waals surface area (Å²) in [6.07, 6.45) is 2.23. The van der Waals surface area contributed by atoms with Crippen LogP contribution in [0.5, 0.6) is 0 Å². The van der Waals surface area contributed by atoms with Crippen molar-refractivity contribution in [2.45, 2.75) is 52.1 Å². The van der Waals surface area contributed by atoms with Crippen LogP contribution in [-0.2, 0) is 0 Å². The van der Waals surface area contributed by atoms with E-state index < -0.39 is 0 Å². The number of rotatable bonds is 4. The average Bonchev–Trinajstić information content (AvgIpc) is 2.67. The third-order valence-corrected chi connectivity index (χ3v) is 5.55. The summed E-state index contributed by atoms with van der Waals surface area (Å²) in [6, 6.07) is 7.08. The maximum absolute atomic E-state index is 14.1. The largest absolute Gasteiger partial charge is 0.329 e. The first kappa shape index (κ1) is 16.4. The Hall–Kier alpha value is -0.930. The van der Waals surface area contributed by atoms with E-state index in [1.807, 2.05) is 12.1 Å². The second-order valence-electron chi connectivity index (χ2n) is 7.56. The van der Waals surface area contributed by atoms with Gasteiger partial charge in [0.25, 0.3) is 0 Å². The van der Waals surface area contributed by atoms with Crippen LogP contribution in [-0.4, -0.2) is 24.0 Å². The van der Waals surface area contributed by atoms with Crippen molar-refractivity contribution in [1.29, 1.82) is 0 Å². The van der Waals surface area contributed by atoms with Crippen molar-refractivity contribution < 1.29 is 4.39 Å². The van der Waals surface area contributed by atoms with Gasteiger partial charge in [-0.15, -0.1) is 0 Å². The molecule has 0 aliphatic heterocycles. The molecule has 1 aromatic carbocycles. The van der Waals surface area contributed by atoms with Crippen LogP contribution in [0, 0.1) is 17.2 Å². The Balaban J connectivity index is 2.33. The SMILES string of the molecule is CC(c1ccccc1F)N(C)C1(CN)CC(C)(C)CC1C. The molecule has 2 rings (SSSR count). The van der Waals surface area contributed by atoms with Gasteiger partial charge in [0.05, 0.1) is 0 Å². The van der Waals surface area contributed by atoms with E-state index in [0.717, 1.165) is 12.0 Å². The zero-order valence-corrected chi connectivity index (χ0v) is 14.0. The molecule has 0 radical (unpaired) electrons. The van der Waals surface area contributed by atoms with E-state index in [4.69, 9.17) is 5.73 Å². The Labute approximate surface area is 128 Å². The van der Waals surface area contributed by atoms with E-state index in [2.05, 4.69) is 39.6 Å². The summed E-state index contributed by atoms with van der Waals surface area (Å²) in [6.45, 7) is 9.60. The molecule has 1 aliphatic carbocycles. The Kier molecular flexibility index (Phi) is 4.46. The molecule has 0 spiro atoms. The van der Waals surface area contributed by atoms with Gasteiger partial charge < -0.3 is 5.73 Å². The van der Waals surface area contributed by atoms with Crippen molar-refractivity contribution in [3.05, 3.63) is 35.6 Å². The maximum Gasteiger partial charge on any atom is 0.127 e. The fourth-order valence-corrected chi connectivity index (χ4v) is 4.39. The van der Waals surface area contributed by atoms with Crippen molar-refractivity contribution in [3.8, 4) is 0 Å². The molecule has 0 heterocycles. The number of hydrogen-bond donors (Lipinski definition) is 1. The molecule has 1 saturated carbocycles. The Morgan fingerprint density at radius 3 is 2.48 bits per heavy atom. The molecule has 1 aromatic rings. The minimum Gasteiger partial charge on any atom is -0.329 e. The number of nitrogens with zero attached hydrogens (tertiary/aromatic N) is 1. The molecular weight excluding hydrogens is 263 g/mol. The minimum absolute atomic E-state index is 0.0195. The highest BCUT2D eigenvalue weighted by atomic mass is 19.1. The van der Waals surface area contributed by atoms with E-state index in [9.17, 15) is 4.39 Å². The van der Waals surface area contributed by atoms with Crippen LogP contribution >= 0.6 is 0 Å². The summed E-state index contributed by atoms with van der Waals surface area (Å²) < 4.78 is 14.1. The summed E-state index contributed by atoms with van der Waals surface area (Å²) in [7, 11) is 2.10. The predicted molar refractivity (Wildman–Crippen MR) is 86.5 cm³/mol. The number of likely N-dealkylation sites (N-methyl/N-ethyl adjacent to an activating group) is 1. The third kappa shape index (κ3) is 2.86. The van der Waals surface area contributed by atoms with Gasteiger partial charge in [0.1, 0.15) is 5.82 Å². The minimum atomic E-state index is -0.131. The highest BCUT2D eigenvalue weighted by molar-refractivity contribution is 5.22. The highest BCUT2D eigenvalue weighted by Crippen LogP contribution is 2.51. The first-order valence-corrected chi connectivity index (χ1v) is 7.91. The fraction of sp³-hybridized carbons (Fsp3) is 0.667. The number of halogens is 1. The Morgan fingerprint density at radius 2 is 2.00 bits per heavy atom. The van der Waals surface area contributed by atoms with Gasteiger partial charge in [-0.1, -0.05) is 39.0 Å². The molecular formula is C18H29FN2. The normalized spacial score (nSPS) is 29.8. The molecule has 3 heteroatoms. The van der Waals surface area contributed by atoms with Crippen molar-refractivity contribution in [3.63, 3.8) is 0 Å². The molecule has 0 bridgehead atoms.